The van der Waals surface area contributed by atoms with E-state index in [4.69, 9.17) is 5.84 Å². The molecule has 0 atom stereocenters. The number of nitrogens with zero attached hydrogens (tertiary/aromatic N) is 1. The van der Waals surface area contributed by atoms with Gasteiger partial charge < -0.3 is 10.7 Å². The molecule has 1 heterocycles. The van der Waals surface area contributed by atoms with Gasteiger partial charge in [-0.3, -0.25) is 4.79 Å². The first-order valence-electron chi connectivity index (χ1n) is 11.7. The average Bonchev–Trinajstić information content (AvgIpc) is 2.67. The van der Waals surface area contributed by atoms with Crippen LogP contribution in [0.5, 0.6) is 0 Å². The molecule has 0 aromatic carbocycles. The zero-order chi connectivity index (χ0) is 20.5. The van der Waals surface area contributed by atoms with Crippen molar-refractivity contribution in [1.29, 1.82) is 0 Å². The molecule has 3 rings (SSSR count). The highest BCUT2D eigenvalue weighted by atomic mass is 16.1. The third-order valence-corrected chi connectivity index (χ3v) is 6.75. The Labute approximate surface area is 175 Å². The normalized spacial score (nSPS) is 20.0. The molecule has 0 aliphatic heterocycles. The van der Waals surface area contributed by atoms with E-state index in [1.807, 2.05) is 6.08 Å². The lowest BCUT2D eigenvalue weighted by Gasteiger charge is -2.27. The van der Waals surface area contributed by atoms with Crippen molar-refractivity contribution in [2.75, 3.05) is 10.7 Å². The van der Waals surface area contributed by atoms with Gasteiger partial charge in [0.15, 0.2) is 0 Å². The van der Waals surface area contributed by atoms with Crippen molar-refractivity contribution in [3.8, 4) is 0 Å². The summed E-state index contributed by atoms with van der Waals surface area (Å²) in [5, 5.41) is 3.27. The van der Waals surface area contributed by atoms with Gasteiger partial charge in [-0.2, -0.15) is 0 Å². The lowest BCUT2D eigenvalue weighted by Crippen LogP contribution is -2.25. The molecule has 2 saturated carbocycles. The number of carbonyl (C=O) groups is 1. The van der Waals surface area contributed by atoms with Gasteiger partial charge in [0.2, 0.25) is 5.91 Å². The van der Waals surface area contributed by atoms with E-state index in [1.54, 1.807) is 6.20 Å². The summed E-state index contributed by atoms with van der Waals surface area (Å²) >= 11 is 0. The number of hydrogen-bond donors (Lipinski definition) is 3. The van der Waals surface area contributed by atoms with Gasteiger partial charge in [-0.25, -0.2) is 10.8 Å². The van der Waals surface area contributed by atoms with Gasteiger partial charge in [-0.05, 0) is 37.2 Å². The fourth-order valence-electron chi connectivity index (χ4n) is 5.10. The Bertz CT molecular complexity index is 672. The number of hydrazine groups is 1. The molecule has 29 heavy (non-hydrogen) atoms. The second kappa shape index (κ2) is 11.3. The highest BCUT2D eigenvalue weighted by Gasteiger charge is 2.25. The number of nitrogens with one attached hydrogen (secondary N) is 2. The molecule has 1 aromatic rings. The van der Waals surface area contributed by atoms with Crippen LogP contribution in [0.4, 0.5) is 11.5 Å². The van der Waals surface area contributed by atoms with Crippen molar-refractivity contribution in [2.24, 2.45) is 11.8 Å². The second-order valence-electron chi connectivity index (χ2n) is 8.77. The van der Waals surface area contributed by atoms with E-state index in [1.165, 1.54) is 56.9 Å². The number of nitrogen functional groups attached to an aromatic ring is 1. The Balaban J connectivity index is 1.88. The molecule has 1 amide bonds. The van der Waals surface area contributed by atoms with Gasteiger partial charge in [-0.1, -0.05) is 76.9 Å². The van der Waals surface area contributed by atoms with Gasteiger partial charge in [0.25, 0.3) is 0 Å². The topological polar surface area (TPSA) is 80.0 Å². The summed E-state index contributed by atoms with van der Waals surface area (Å²) in [4.78, 5) is 17.6. The molecule has 5 nitrogen and oxygen atoms in total. The van der Waals surface area contributed by atoms with Crippen LogP contribution in [0.25, 0.3) is 6.08 Å². The number of aromatic nitrogens is 1. The van der Waals surface area contributed by atoms with Gasteiger partial charge in [0.1, 0.15) is 5.82 Å². The van der Waals surface area contributed by atoms with Crippen LogP contribution in [0.1, 0.15) is 107 Å². The summed E-state index contributed by atoms with van der Waals surface area (Å²) in [6, 6.07) is 0. The highest BCUT2D eigenvalue weighted by Crippen LogP contribution is 2.39. The quantitative estimate of drug-likeness (QED) is 0.411. The van der Waals surface area contributed by atoms with Crippen molar-refractivity contribution in [2.45, 2.75) is 95.8 Å². The lowest BCUT2D eigenvalue weighted by atomic mass is 9.83. The van der Waals surface area contributed by atoms with Crippen molar-refractivity contribution >= 4 is 23.5 Å². The summed E-state index contributed by atoms with van der Waals surface area (Å²) in [5.74, 6) is 7.05. The van der Waals surface area contributed by atoms with Gasteiger partial charge >= 0.3 is 0 Å². The molecule has 5 heteroatoms. The maximum atomic E-state index is 13.1. The van der Waals surface area contributed by atoms with E-state index in [0.29, 0.717) is 11.7 Å². The van der Waals surface area contributed by atoms with E-state index in [2.05, 4.69) is 22.3 Å². The Hall–Kier alpha value is -1.88. The first-order valence-corrected chi connectivity index (χ1v) is 11.7. The van der Waals surface area contributed by atoms with Crippen molar-refractivity contribution in [3.63, 3.8) is 0 Å². The monoisotopic (exact) mass is 398 g/mol. The van der Waals surface area contributed by atoms with Crippen LogP contribution in [0.15, 0.2) is 12.8 Å². The molecule has 0 unspecified atom stereocenters. The summed E-state index contributed by atoms with van der Waals surface area (Å²) in [7, 11) is 0. The smallest absolute Gasteiger partial charge is 0.227 e. The molecule has 0 saturated heterocycles. The molecule has 2 aliphatic rings. The van der Waals surface area contributed by atoms with Crippen LogP contribution in [-0.2, 0) is 4.79 Å². The van der Waals surface area contributed by atoms with E-state index >= 15 is 0 Å². The van der Waals surface area contributed by atoms with E-state index in [-0.39, 0.29) is 11.8 Å². The minimum Gasteiger partial charge on any atom is -0.324 e. The van der Waals surface area contributed by atoms with Crippen LogP contribution >= 0.6 is 0 Å². The van der Waals surface area contributed by atoms with Crippen LogP contribution in [-0.4, -0.2) is 10.9 Å². The molecule has 0 radical (unpaired) electrons. The fraction of sp³-hybridized carbons (Fsp3) is 0.667. The number of hydrogen-bond acceptors (Lipinski definition) is 4. The first kappa shape index (κ1) is 21.8. The molecule has 2 fully saturated rings. The van der Waals surface area contributed by atoms with Crippen LogP contribution < -0.4 is 16.6 Å². The summed E-state index contributed by atoms with van der Waals surface area (Å²) < 4.78 is 0. The standard InChI is InChI=1S/C24H38N4O/c1-2-20-22(18-13-9-5-3-6-10-14-18)21(17-26-23(20)28-25)27-24(29)19-15-11-7-4-8-12-16-19/h2,17-19H,1,3-16,25H2,(H,26,28)(H,27,29). The zero-order valence-corrected chi connectivity index (χ0v) is 17.8. The molecule has 4 N–H and O–H groups in total. The minimum absolute atomic E-state index is 0.111. The predicted octanol–water partition coefficient (Wildman–Crippen LogP) is 6.14. The van der Waals surface area contributed by atoms with E-state index in [9.17, 15) is 4.79 Å². The van der Waals surface area contributed by atoms with Crippen LogP contribution in [0, 0.1) is 5.92 Å². The predicted molar refractivity (Wildman–Crippen MR) is 122 cm³/mol. The molecule has 1 aromatic heterocycles. The number of nitrogens with two attached hydrogens (primary N) is 1. The van der Waals surface area contributed by atoms with E-state index in [0.717, 1.165) is 49.8 Å². The molecular weight excluding hydrogens is 360 g/mol. The zero-order valence-electron chi connectivity index (χ0n) is 17.8. The molecule has 0 spiro atoms. The average molecular weight is 399 g/mol. The highest BCUT2D eigenvalue weighted by molar-refractivity contribution is 5.94. The van der Waals surface area contributed by atoms with Gasteiger partial charge in [0.05, 0.1) is 11.9 Å². The number of amides is 1. The fourth-order valence-corrected chi connectivity index (χ4v) is 5.10. The number of pyridine rings is 1. The third kappa shape index (κ3) is 5.81. The Morgan fingerprint density at radius 3 is 2.07 bits per heavy atom. The Morgan fingerprint density at radius 2 is 1.52 bits per heavy atom. The molecule has 0 bridgehead atoms. The molecule has 2 aliphatic carbocycles. The van der Waals surface area contributed by atoms with Gasteiger partial charge in [-0.15, -0.1) is 0 Å². The number of carbonyl (C=O) groups excluding carboxylic acids is 1. The maximum absolute atomic E-state index is 13.1. The number of rotatable bonds is 5. The Kier molecular flexibility index (Phi) is 8.53. The summed E-state index contributed by atoms with van der Waals surface area (Å²) in [6.07, 6.45) is 20.4. The van der Waals surface area contributed by atoms with Crippen molar-refractivity contribution < 1.29 is 4.79 Å². The maximum Gasteiger partial charge on any atom is 0.227 e. The SMILES string of the molecule is C=Cc1c(NN)ncc(NC(=O)C2CCCCCCC2)c1C1CCCCCCC1. The summed E-state index contributed by atoms with van der Waals surface area (Å²) in [6.45, 7) is 4.02. The Morgan fingerprint density at radius 1 is 0.966 bits per heavy atom. The lowest BCUT2D eigenvalue weighted by molar-refractivity contribution is -0.120. The molecule has 160 valence electrons. The van der Waals surface area contributed by atoms with Crippen LogP contribution in [0.3, 0.4) is 0 Å². The summed E-state index contributed by atoms with van der Waals surface area (Å²) in [5.41, 5.74) is 5.68. The van der Waals surface area contributed by atoms with Crippen molar-refractivity contribution in [1.82, 2.24) is 4.98 Å². The largest absolute Gasteiger partial charge is 0.324 e. The van der Waals surface area contributed by atoms with E-state index < -0.39 is 0 Å². The first-order chi connectivity index (χ1) is 14.2. The van der Waals surface area contributed by atoms with Crippen LogP contribution in [0.2, 0.25) is 0 Å². The third-order valence-electron chi connectivity index (χ3n) is 6.75. The molecular formula is C24H38N4O. The van der Waals surface area contributed by atoms with Gasteiger partial charge in [0, 0.05) is 11.5 Å². The minimum atomic E-state index is 0.111. The number of anilines is 2. The van der Waals surface area contributed by atoms with Crippen molar-refractivity contribution in [3.05, 3.63) is 23.9 Å². The second-order valence-corrected chi connectivity index (χ2v) is 8.77.